The molecule has 1 fully saturated rings. The Labute approximate surface area is 201 Å². The number of allylic oxidation sites excluding steroid dienone is 1. The number of likely N-dealkylation sites (tertiary alicyclic amines) is 1. The molecule has 1 aliphatic rings. The van der Waals surface area contributed by atoms with Gasteiger partial charge in [-0.15, -0.1) is 11.3 Å². The van der Waals surface area contributed by atoms with Gasteiger partial charge in [0.1, 0.15) is 0 Å². The third-order valence-corrected chi connectivity index (χ3v) is 7.20. The van der Waals surface area contributed by atoms with Crippen molar-refractivity contribution < 1.29 is 4.79 Å². The Balaban J connectivity index is 1.77. The molecule has 0 unspecified atom stereocenters. The molecular formula is C28H33N3OS. The van der Waals surface area contributed by atoms with Gasteiger partial charge in [-0.25, -0.2) is 0 Å². The van der Waals surface area contributed by atoms with Crippen LogP contribution in [0.5, 0.6) is 0 Å². The highest BCUT2D eigenvalue weighted by atomic mass is 32.1. The van der Waals surface area contributed by atoms with Crippen LogP contribution in [0.15, 0.2) is 71.7 Å². The van der Waals surface area contributed by atoms with Crippen LogP contribution in [0.3, 0.4) is 0 Å². The molecule has 2 N–H and O–H groups in total. The van der Waals surface area contributed by atoms with Gasteiger partial charge in [0.05, 0.1) is 6.54 Å². The largest absolute Gasteiger partial charge is 0.399 e. The number of rotatable bonds is 7. The molecule has 4 rings (SSSR count). The normalized spacial score (nSPS) is 15.4. The van der Waals surface area contributed by atoms with Crippen molar-refractivity contribution >= 4 is 28.5 Å². The molecule has 4 nitrogen and oxygen atoms in total. The molecule has 0 spiro atoms. The summed E-state index contributed by atoms with van der Waals surface area (Å²) in [6, 6.07) is 20.6. The van der Waals surface area contributed by atoms with Crippen LogP contribution in [0.25, 0.3) is 5.57 Å². The molecule has 1 saturated heterocycles. The lowest BCUT2D eigenvalue weighted by Crippen LogP contribution is -2.30. The molecule has 1 aromatic heterocycles. The van der Waals surface area contributed by atoms with Crippen LogP contribution in [0.2, 0.25) is 0 Å². The van der Waals surface area contributed by atoms with Crippen molar-refractivity contribution in [2.24, 2.45) is 0 Å². The zero-order chi connectivity index (χ0) is 23.2. The number of nitrogens with two attached hydrogens (primary N) is 1. The Kier molecular flexibility index (Phi) is 7.50. The zero-order valence-electron chi connectivity index (χ0n) is 19.6. The summed E-state index contributed by atoms with van der Waals surface area (Å²) in [7, 11) is 0. The van der Waals surface area contributed by atoms with Crippen molar-refractivity contribution in [2.75, 3.05) is 25.4 Å². The molecule has 2 heterocycles. The maximum absolute atomic E-state index is 12.8. The zero-order valence-corrected chi connectivity index (χ0v) is 20.4. The summed E-state index contributed by atoms with van der Waals surface area (Å²) in [5.74, 6) is 0.0849. The van der Waals surface area contributed by atoms with Crippen molar-refractivity contribution in [3.63, 3.8) is 0 Å². The molecule has 33 heavy (non-hydrogen) atoms. The number of hydrogen-bond acceptors (Lipinski definition) is 4. The monoisotopic (exact) mass is 459 g/mol. The topological polar surface area (TPSA) is 49.6 Å². The predicted octanol–water partition coefficient (Wildman–Crippen LogP) is 6.26. The van der Waals surface area contributed by atoms with Gasteiger partial charge >= 0.3 is 0 Å². The number of carbonyl (C=O) groups excluding carboxylic acids is 1. The summed E-state index contributed by atoms with van der Waals surface area (Å²) < 4.78 is 0. The second-order valence-electron chi connectivity index (χ2n) is 8.46. The third kappa shape index (κ3) is 5.31. The van der Waals surface area contributed by atoms with Gasteiger partial charge in [-0.3, -0.25) is 4.79 Å². The molecular weight excluding hydrogens is 426 g/mol. The standard InChI is InChI=1S/C28H33N3OS/c1-3-30(4-2)28(32)22-15-13-21(14-16-22)27(23-9-7-10-24(29)19-23)26-12-5-6-17-31(26)20-25-11-8-18-33-25/h7-11,13-16,18-19H,3-6,12,17,20,29H2,1-2H3. The molecule has 0 saturated carbocycles. The lowest BCUT2D eigenvalue weighted by molar-refractivity contribution is 0.0773. The summed E-state index contributed by atoms with van der Waals surface area (Å²) in [5.41, 5.74) is 12.5. The molecule has 1 amide bonds. The van der Waals surface area contributed by atoms with E-state index in [1.165, 1.54) is 29.0 Å². The van der Waals surface area contributed by atoms with Gasteiger partial charge in [0.25, 0.3) is 5.91 Å². The quantitative estimate of drug-likeness (QED) is 0.424. The number of carbonyl (C=O) groups is 1. The number of nitrogens with zero attached hydrogens (tertiary/aromatic N) is 2. The summed E-state index contributed by atoms with van der Waals surface area (Å²) in [6.07, 6.45) is 3.42. The minimum atomic E-state index is 0.0849. The highest BCUT2D eigenvalue weighted by Crippen LogP contribution is 2.36. The first-order valence-electron chi connectivity index (χ1n) is 11.9. The maximum Gasteiger partial charge on any atom is 0.253 e. The third-order valence-electron chi connectivity index (χ3n) is 6.34. The molecule has 2 aromatic carbocycles. The van der Waals surface area contributed by atoms with Crippen molar-refractivity contribution in [1.29, 1.82) is 0 Å². The maximum atomic E-state index is 12.8. The summed E-state index contributed by atoms with van der Waals surface area (Å²) in [6.45, 7) is 7.45. The van der Waals surface area contributed by atoms with E-state index >= 15 is 0 Å². The van der Waals surface area contributed by atoms with E-state index in [0.717, 1.165) is 41.9 Å². The highest BCUT2D eigenvalue weighted by Gasteiger charge is 2.22. The van der Waals surface area contributed by atoms with E-state index in [1.807, 2.05) is 54.3 Å². The summed E-state index contributed by atoms with van der Waals surface area (Å²) in [5, 5.41) is 2.15. The number of hydrogen-bond donors (Lipinski definition) is 1. The summed E-state index contributed by atoms with van der Waals surface area (Å²) >= 11 is 1.81. The average Bonchev–Trinajstić information content (AvgIpc) is 3.35. The highest BCUT2D eigenvalue weighted by molar-refractivity contribution is 7.09. The Morgan fingerprint density at radius 1 is 0.970 bits per heavy atom. The van der Waals surface area contributed by atoms with Crippen molar-refractivity contribution in [1.82, 2.24) is 9.80 Å². The lowest BCUT2D eigenvalue weighted by Gasteiger charge is -2.34. The molecule has 5 heteroatoms. The molecule has 3 aromatic rings. The van der Waals surface area contributed by atoms with E-state index in [2.05, 4.69) is 46.7 Å². The van der Waals surface area contributed by atoms with Gasteiger partial charge in [0, 0.05) is 47.0 Å². The molecule has 0 radical (unpaired) electrons. The fourth-order valence-corrected chi connectivity index (χ4v) is 5.32. The molecule has 172 valence electrons. The number of thiophene rings is 1. The van der Waals surface area contributed by atoms with Gasteiger partial charge in [-0.1, -0.05) is 30.3 Å². The van der Waals surface area contributed by atoms with Gasteiger partial charge in [0.2, 0.25) is 0 Å². The van der Waals surface area contributed by atoms with Crippen LogP contribution in [0, 0.1) is 0 Å². The van der Waals surface area contributed by atoms with Crippen molar-refractivity contribution in [3.05, 3.63) is 93.3 Å². The molecule has 0 aliphatic carbocycles. The fraction of sp³-hybridized carbons (Fsp3) is 0.321. The average molecular weight is 460 g/mol. The number of amides is 1. The first-order chi connectivity index (χ1) is 16.1. The van der Waals surface area contributed by atoms with E-state index in [-0.39, 0.29) is 5.91 Å². The number of piperidine rings is 1. The van der Waals surface area contributed by atoms with Gasteiger partial charge < -0.3 is 15.5 Å². The van der Waals surface area contributed by atoms with Crippen molar-refractivity contribution in [3.8, 4) is 0 Å². The molecule has 0 atom stereocenters. The van der Waals surface area contributed by atoms with E-state index in [4.69, 9.17) is 5.73 Å². The van der Waals surface area contributed by atoms with Crippen LogP contribution < -0.4 is 5.73 Å². The minimum absolute atomic E-state index is 0.0849. The Morgan fingerprint density at radius 2 is 1.73 bits per heavy atom. The Bertz CT molecular complexity index is 1100. The first kappa shape index (κ1) is 23.1. The Hall–Kier alpha value is -3.05. The SMILES string of the molecule is CCN(CC)C(=O)c1ccc(C(=C2CCCCN2Cc2cccs2)c2cccc(N)c2)cc1. The Morgan fingerprint density at radius 3 is 2.39 bits per heavy atom. The number of nitrogen functional groups attached to an aromatic ring is 1. The van der Waals surface area contributed by atoms with E-state index in [9.17, 15) is 4.79 Å². The van der Waals surface area contributed by atoms with Gasteiger partial charge in [-0.2, -0.15) is 0 Å². The summed E-state index contributed by atoms with van der Waals surface area (Å²) in [4.78, 5) is 18.6. The smallest absolute Gasteiger partial charge is 0.253 e. The van der Waals surface area contributed by atoms with E-state index in [1.54, 1.807) is 0 Å². The number of benzene rings is 2. The molecule has 1 aliphatic heterocycles. The lowest BCUT2D eigenvalue weighted by atomic mass is 9.90. The van der Waals surface area contributed by atoms with E-state index in [0.29, 0.717) is 13.1 Å². The van der Waals surface area contributed by atoms with Crippen LogP contribution in [0.1, 0.15) is 59.5 Å². The molecule has 0 bridgehead atoms. The van der Waals surface area contributed by atoms with Crippen LogP contribution >= 0.6 is 11.3 Å². The van der Waals surface area contributed by atoms with E-state index < -0.39 is 0 Å². The van der Waals surface area contributed by atoms with Crippen LogP contribution in [-0.2, 0) is 6.54 Å². The first-order valence-corrected chi connectivity index (χ1v) is 12.7. The van der Waals surface area contributed by atoms with Gasteiger partial charge in [0.15, 0.2) is 0 Å². The predicted molar refractivity (Wildman–Crippen MR) is 139 cm³/mol. The fourth-order valence-electron chi connectivity index (χ4n) is 4.60. The minimum Gasteiger partial charge on any atom is -0.399 e. The van der Waals surface area contributed by atoms with Crippen LogP contribution in [0.4, 0.5) is 5.69 Å². The second-order valence-corrected chi connectivity index (χ2v) is 9.49. The van der Waals surface area contributed by atoms with Gasteiger partial charge in [-0.05, 0) is 79.9 Å². The number of anilines is 1. The van der Waals surface area contributed by atoms with Crippen molar-refractivity contribution in [2.45, 2.75) is 39.7 Å². The second kappa shape index (κ2) is 10.7. The van der Waals surface area contributed by atoms with Crippen LogP contribution in [-0.4, -0.2) is 35.3 Å².